The van der Waals surface area contributed by atoms with Crippen molar-refractivity contribution in [3.63, 3.8) is 0 Å². The smallest absolute Gasteiger partial charge is 0.328 e. The molecule has 0 aromatic carbocycles. The van der Waals surface area contributed by atoms with Gasteiger partial charge >= 0.3 is 5.97 Å². The van der Waals surface area contributed by atoms with E-state index < -0.39 is 5.97 Å². The molecule has 0 saturated heterocycles. The van der Waals surface area contributed by atoms with Crippen LogP contribution in [-0.4, -0.2) is 11.1 Å². The van der Waals surface area contributed by atoms with Crippen LogP contribution in [0.3, 0.4) is 0 Å². The summed E-state index contributed by atoms with van der Waals surface area (Å²) in [5, 5.41) is 8.39. The van der Waals surface area contributed by atoms with Gasteiger partial charge in [0.25, 0.3) is 0 Å². The molecular weight excluding hydrogens is 296 g/mol. The van der Waals surface area contributed by atoms with Crippen LogP contribution in [0.5, 0.6) is 0 Å². The molecule has 0 aliphatic heterocycles. The SMILES string of the molecule is CCCCCCCCC=CCC=CC=CC=CC=CC=CC(=O)O. The number of allylic oxidation sites excluding steroid dienone is 11. The Kier molecular flexibility index (Phi) is 17.3. The van der Waals surface area contributed by atoms with Crippen molar-refractivity contribution in [2.75, 3.05) is 0 Å². The highest BCUT2D eigenvalue weighted by molar-refractivity contribution is 5.80. The van der Waals surface area contributed by atoms with Crippen LogP contribution in [0.4, 0.5) is 0 Å². The van der Waals surface area contributed by atoms with Crippen LogP contribution in [0, 0.1) is 0 Å². The highest BCUT2D eigenvalue weighted by Gasteiger charge is 1.87. The van der Waals surface area contributed by atoms with E-state index in [-0.39, 0.29) is 0 Å². The average Bonchev–Trinajstić information content (AvgIpc) is 2.56. The molecule has 0 rings (SSSR count). The summed E-state index contributed by atoms with van der Waals surface area (Å²) >= 11 is 0. The van der Waals surface area contributed by atoms with Crippen LogP contribution in [0.15, 0.2) is 72.9 Å². The lowest BCUT2D eigenvalue weighted by Crippen LogP contribution is -1.84. The maximum Gasteiger partial charge on any atom is 0.328 e. The molecule has 24 heavy (non-hydrogen) atoms. The molecule has 1 N–H and O–H groups in total. The number of aliphatic carboxylic acids is 1. The zero-order valence-corrected chi connectivity index (χ0v) is 14.9. The summed E-state index contributed by atoms with van der Waals surface area (Å²) < 4.78 is 0. The molecule has 0 fully saturated rings. The summed E-state index contributed by atoms with van der Waals surface area (Å²) in [5.74, 6) is -0.935. The molecular formula is C22H32O2. The standard InChI is InChI=1S/C22H32O2/c1-2-3-4-5-6-7-8-9-10-11-12-13-14-15-16-17-18-19-20-21-22(23)24/h9-10,12-21H,2-8,11H2,1H3,(H,23,24). The monoisotopic (exact) mass is 328 g/mol. The Balaban J connectivity index is 3.57. The van der Waals surface area contributed by atoms with Gasteiger partial charge in [0.1, 0.15) is 0 Å². The van der Waals surface area contributed by atoms with Crippen molar-refractivity contribution in [1.29, 1.82) is 0 Å². The minimum absolute atomic E-state index is 0.935. The van der Waals surface area contributed by atoms with Gasteiger partial charge in [-0.1, -0.05) is 106 Å². The van der Waals surface area contributed by atoms with Gasteiger partial charge in [-0.25, -0.2) is 4.79 Å². The third kappa shape index (κ3) is 19.9. The number of carboxylic acids is 1. The summed E-state index contributed by atoms with van der Waals surface area (Å²) in [6.07, 6.45) is 32.7. The molecule has 0 amide bonds. The Labute approximate surface area is 147 Å². The summed E-state index contributed by atoms with van der Waals surface area (Å²) in [7, 11) is 0. The molecule has 0 bridgehead atoms. The van der Waals surface area contributed by atoms with Gasteiger partial charge in [0, 0.05) is 6.08 Å². The van der Waals surface area contributed by atoms with Crippen LogP contribution < -0.4 is 0 Å². The lowest BCUT2D eigenvalue weighted by molar-refractivity contribution is -0.131. The summed E-state index contributed by atoms with van der Waals surface area (Å²) in [5.41, 5.74) is 0. The Morgan fingerprint density at radius 2 is 1.29 bits per heavy atom. The number of hydrogen-bond donors (Lipinski definition) is 1. The molecule has 0 saturated carbocycles. The first-order valence-corrected chi connectivity index (χ1v) is 8.98. The average molecular weight is 328 g/mol. The number of carboxylic acid groups (broad SMARTS) is 1. The van der Waals surface area contributed by atoms with E-state index >= 15 is 0 Å². The lowest BCUT2D eigenvalue weighted by Gasteiger charge is -1.97. The van der Waals surface area contributed by atoms with Crippen LogP contribution in [-0.2, 0) is 4.79 Å². The summed E-state index contributed by atoms with van der Waals surface area (Å²) in [4.78, 5) is 10.2. The predicted molar refractivity (Wildman–Crippen MR) is 105 cm³/mol. The van der Waals surface area contributed by atoms with Crippen molar-refractivity contribution in [2.24, 2.45) is 0 Å². The fraction of sp³-hybridized carbons (Fsp3) is 0.409. The second kappa shape index (κ2) is 19.0. The van der Waals surface area contributed by atoms with Crippen molar-refractivity contribution in [1.82, 2.24) is 0 Å². The van der Waals surface area contributed by atoms with Gasteiger partial charge in [-0.05, 0) is 19.3 Å². The zero-order chi connectivity index (χ0) is 17.7. The van der Waals surface area contributed by atoms with Gasteiger partial charge in [-0.2, -0.15) is 0 Å². The highest BCUT2D eigenvalue weighted by Crippen LogP contribution is 2.07. The van der Waals surface area contributed by atoms with Gasteiger partial charge in [0.05, 0.1) is 0 Å². The van der Waals surface area contributed by atoms with E-state index in [2.05, 4.69) is 25.2 Å². The molecule has 0 aromatic rings. The zero-order valence-electron chi connectivity index (χ0n) is 14.9. The van der Waals surface area contributed by atoms with E-state index in [0.29, 0.717) is 0 Å². The Morgan fingerprint density at radius 1 is 0.708 bits per heavy atom. The first-order chi connectivity index (χ1) is 11.8. The molecule has 0 aromatic heterocycles. The highest BCUT2D eigenvalue weighted by atomic mass is 16.4. The van der Waals surface area contributed by atoms with Gasteiger partial charge in [-0.15, -0.1) is 0 Å². The molecule has 2 heteroatoms. The number of carbonyl (C=O) groups is 1. The van der Waals surface area contributed by atoms with Crippen LogP contribution in [0.25, 0.3) is 0 Å². The maximum absolute atomic E-state index is 10.2. The Bertz CT molecular complexity index is 462. The fourth-order valence-electron chi connectivity index (χ4n) is 2.02. The van der Waals surface area contributed by atoms with E-state index in [1.54, 1.807) is 12.2 Å². The fourth-order valence-corrected chi connectivity index (χ4v) is 2.02. The molecule has 0 heterocycles. The van der Waals surface area contributed by atoms with Crippen molar-refractivity contribution in [3.8, 4) is 0 Å². The van der Waals surface area contributed by atoms with Gasteiger partial charge in [0.15, 0.2) is 0 Å². The third-order valence-electron chi connectivity index (χ3n) is 3.32. The van der Waals surface area contributed by atoms with E-state index in [0.717, 1.165) is 12.5 Å². The number of rotatable bonds is 14. The molecule has 0 unspecified atom stereocenters. The largest absolute Gasteiger partial charge is 0.478 e. The van der Waals surface area contributed by atoms with E-state index in [9.17, 15) is 4.79 Å². The Hall–Kier alpha value is -2.09. The molecule has 0 aliphatic rings. The van der Waals surface area contributed by atoms with Crippen LogP contribution >= 0.6 is 0 Å². The molecule has 0 aliphatic carbocycles. The molecule has 132 valence electrons. The van der Waals surface area contributed by atoms with Crippen molar-refractivity contribution >= 4 is 5.97 Å². The summed E-state index contributed by atoms with van der Waals surface area (Å²) in [6.45, 7) is 2.25. The molecule has 2 nitrogen and oxygen atoms in total. The molecule has 0 spiro atoms. The molecule has 0 atom stereocenters. The number of hydrogen-bond acceptors (Lipinski definition) is 1. The predicted octanol–water partition coefficient (Wildman–Crippen LogP) is 6.55. The van der Waals surface area contributed by atoms with Crippen molar-refractivity contribution in [2.45, 2.75) is 58.3 Å². The summed E-state index contributed by atoms with van der Waals surface area (Å²) in [6, 6.07) is 0. The van der Waals surface area contributed by atoms with Gasteiger partial charge in [-0.3, -0.25) is 0 Å². The minimum atomic E-state index is -0.935. The van der Waals surface area contributed by atoms with E-state index in [4.69, 9.17) is 5.11 Å². The van der Waals surface area contributed by atoms with Gasteiger partial charge in [0.2, 0.25) is 0 Å². The number of unbranched alkanes of at least 4 members (excludes halogenated alkanes) is 6. The molecule has 0 radical (unpaired) electrons. The normalized spacial score (nSPS) is 13.0. The van der Waals surface area contributed by atoms with Crippen molar-refractivity contribution < 1.29 is 9.90 Å². The van der Waals surface area contributed by atoms with Crippen LogP contribution in [0.2, 0.25) is 0 Å². The second-order valence-electron chi connectivity index (χ2n) is 5.54. The second-order valence-corrected chi connectivity index (χ2v) is 5.54. The van der Waals surface area contributed by atoms with Crippen LogP contribution in [0.1, 0.15) is 58.3 Å². The van der Waals surface area contributed by atoms with Gasteiger partial charge < -0.3 is 5.11 Å². The van der Waals surface area contributed by atoms with E-state index in [1.807, 2.05) is 30.4 Å². The quantitative estimate of drug-likeness (QED) is 0.170. The minimum Gasteiger partial charge on any atom is -0.478 e. The third-order valence-corrected chi connectivity index (χ3v) is 3.32. The Morgan fingerprint density at radius 3 is 1.96 bits per heavy atom. The van der Waals surface area contributed by atoms with E-state index in [1.165, 1.54) is 51.0 Å². The first-order valence-electron chi connectivity index (χ1n) is 8.98. The lowest BCUT2D eigenvalue weighted by atomic mass is 10.1. The maximum atomic E-state index is 10.2. The topological polar surface area (TPSA) is 37.3 Å². The van der Waals surface area contributed by atoms with Crippen molar-refractivity contribution in [3.05, 3.63) is 72.9 Å². The first kappa shape index (κ1) is 21.9.